The molecule has 0 spiro atoms. The topological polar surface area (TPSA) is 48.2 Å². The van der Waals surface area contributed by atoms with E-state index in [0.717, 1.165) is 15.8 Å². The van der Waals surface area contributed by atoms with Crippen LogP contribution in [0.5, 0.6) is 5.75 Å². The third-order valence-electron chi connectivity index (χ3n) is 2.68. The van der Waals surface area contributed by atoms with Crippen molar-refractivity contribution in [1.82, 2.24) is 10.1 Å². The van der Waals surface area contributed by atoms with Crippen molar-refractivity contribution in [3.05, 3.63) is 65.0 Å². The molecule has 1 heterocycles. The summed E-state index contributed by atoms with van der Waals surface area (Å²) in [7, 11) is 0. The quantitative estimate of drug-likeness (QED) is 0.723. The Bertz CT molecular complexity index is 681. The van der Waals surface area contributed by atoms with E-state index in [2.05, 4.69) is 26.1 Å². The Hall–Kier alpha value is -2.14. The second kappa shape index (κ2) is 5.88. The van der Waals surface area contributed by atoms with Gasteiger partial charge < -0.3 is 9.26 Å². The molecule has 0 N–H and O–H groups in total. The average molecular weight is 331 g/mol. The van der Waals surface area contributed by atoms with Gasteiger partial charge in [-0.25, -0.2) is 0 Å². The van der Waals surface area contributed by atoms with Crippen LogP contribution >= 0.6 is 15.9 Å². The number of rotatable bonds is 4. The first kappa shape index (κ1) is 12.9. The summed E-state index contributed by atoms with van der Waals surface area (Å²) < 4.78 is 11.8. The summed E-state index contributed by atoms with van der Waals surface area (Å²) in [5.41, 5.74) is 0.922. The average Bonchev–Trinajstić information content (AvgIpc) is 2.97. The number of hydrogen-bond acceptors (Lipinski definition) is 4. The molecule has 0 atom stereocenters. The number of halogens is 1. The zero-order valence-electron chi connectivity index (χ0n) is 10.5. The highest BCUT2D eigenvalue weighted by Crippen LogP contribution is 2.18. The van der Waals surface area contributed by atoms with Gasteiger partial charge in [0.1, 0.15) is 5.75 Å². The van der Waals surface area contributed by atoms with Crippen molar-refractivity contribution in [2.75, 3.05) is 0 Å². The van der Waals surface area contributed by atoms with Crippen molar-refractivity contribution in [1.29, 1.82) is 0 Å². The smallest absolute Gasteiger partial charge is 0.264 e. The third kappa shape index (κ3) is 3.05. The van der Waals surface area contributed by atoms with Gasteiger partial charge in [-0.1, -0.05) is 51.4 Å². The molecule has 0 aliphatic carbocycles. The molecular formula is C15H11BrN2O2. The monoisotopic (exact) mass is 330 g/mol. The molecule has 0 radical (unpaired) electrons. The van der Waals surface area contributed by atoms with Gasteiger partial charge in [0, 0.05) is 10.0 Å². The van der Waals surface area contributed by atoms with E-state index < -0.39 is 0 Å². The van der Waals surface area contributed by atoms with E-state index in [1.165, 1.54) is 0 Å². The number of hydrogen-bond donors (Lipinski definition) is 0. The van der Waals surface area contributed by atoms with Gasteiger partial charge in [-0.2, -0.15) is 4.98 Å². The Labute approximate surface area is 124 Å². The molecule has 3 rings (SSSR count). The summed E-state index contributed by atoms with van der Waals surface area (Å²) in [5, 5.41) is 3.94. The minimum absolute atomic E-state index is 0.251. The van der Waals surface area contributed by atoms with Crippen molar-refractivity contribution < 1.29 is 9.26 Å². The standard InChI is InChI=1S/C15H11BrN2O2/c16-12-6-8-13(9-7-12)19-10-14-17-15(18-20-14)11-4-2-1-3-5-11/h1-9H,10H2. The first-order chi connectivity index (χ1) is 9.81. The normalized spacial score (nSPS) is 10.4. The van der Waals surface area contributed by atoms with Gasteiger partial charge in [-0.15, -0.1) is 0 Å². The highest BCUT2D eigenvalue weighted by molar-refractivity contribution is 9.10. The molecule has 0 unspecified atom stereocenters. The fourth-order valence-electron chi connectivity index (χ4n) is 1.69. The molecule has 0 saturated carbocycles. The maximum Gasteiger partial charge on any atom is 0.264 e. The highest BCUT2D eigenvalue weighted by atomic mass is 79.9. The molecule has 2 aromatic carbocycles. The van der Waals surface area contributed by atoms with Crippen LogP contribution in [0.25, 0.3) is 11.4 Å². The van der Waals surface area contributed by atoms with Crippen LogP contribution in [0.15, 0.2) is 63.6 Å². The molecule has 0 amide bonds. The van der Waals surface area contributed by atoms with Crippen LogP contribution in [-0.2, 0) is 6.61 Å². The summed E-state index contributed by atoms with van der Waals surface area (Å²) in [6.45, 7) is 0.251. The lowest BCUT2D eigenvalue weighted by molar-refractivity contribution is 0.243. The molecule has 4 nitrogen and oxygen atoms in total. The fraction of sp³-hybridized carbons (Fsp3) is 0.0667. The Balaban J connectivity index is 1.67. The lowest BCUT2D eigenvalue weighted by atomic mass is 10.2. The van der Waals surface area contributed by atoms with Crippen molar-refractivity contribution in [2.45, 2.75) is 6.61 Å². The maximum absolute atomic E-state index is 5.58. The Morgan fingerprint density at radius 3 is 2.50 bits per heavy atom. The largest absolute Gasteiger partial charge is 0.484 e. The molecular weight excluding hydrogens is 320 g/mol. The van der Waals surface area contributed by atoms with Gasteiger partial charge in [0.2, 0.25) is 5.82 Å². The lowest BCUT2D eigenvalue weighted by Gasteiger charge is -2.02. The van der Waals surface area contributed by atoms with E-state index in [1.807, 2.05) is 54.6 Å². The number of ether oxygens (including phenoxy) is 1. The van der Waals surface area contributed by atoms with Crippen molar-refractivity contribution in [3.8, 4) is 17.1 Å². The molecule has 3 aromatic rings. The molecule has 0 aliphatic rings. The minimum atomic E-state index is 0.251. The van der Waals surface area contributed by atoms with Gasteiger partial charge in [0.05, 0.1) is 0 Å². The Kier molecular flexibility index (Phi) is 3.78. The molecule has 5 heteroatoms. The summed E-state index contributed by atoms with van der Waals surface area (Å²) in [6.07, 6.45) is 0. The highest BCUT2D eigenvalue weighted by Gasteiger charge is 2.08. The van der Waals surface area contributed by atoms with Crippen LogP contribution in [-0.4, -0.2) is 10.1 Å². The first-order valence-electron chi connectivity index (χ1n) is 6.07. The summed E-state index contributed by atoms with van der Waals surface area (Å²) in [6, 6.07) is 17.3. The summed E-state index contributed by atoms with van der Waals surface area (Å²) in [4.78, 5) is 4.30. The van der Waals surface area contributed by atoms with E-state index >= 15 is 0 Å². The second-order valence-corrected chi connectivity index (χ2v) is 5.04. The van der Waals surface area contributed by atoms with Crippen molar-refractivity contribution >= 4 is 15.9 Å². The predicted molar refractivity (Wildman–Crippen MR) is 78.2 cm³/mol. The van der Waals surface area contributed by atoms with Crippen LogP contribution in [0.3, 0.4) is 0 Å². The van der Waals surface area contributed by atoms with E-state index in [-0.39, 0.29) is 6.61 Å². The molecule has 0 saturated heterocycles. The van der Waals surface area contributed by atoms with Gasteiger partial charge in [-0.3, -0.25) is 0 Å². The number of benzene rings is 2. The van der Waals surface area contributed by atoms with Crippen molar-refractivity contribution in [3.63, 3.8) is 0 Å². The molecule has 0 fully saturated rings. The minimum Gasteiger partial charge on any atom is -0.484 e. The molecule has 0 bridgehead atoms. The van der Waals surface area contributed by atoms with E-state index in [0.29, 0.717) is 11.7 Å². The van der Waals surface area contributed by atoms with Gasteiger partial charge in [-0.05, 0) is 24.3 Å². The molecule has 20 heavy (non-hydrogen) atoms. The number of aromatic nitrogens is 2. The summed E-state index contributed by atoms with van der Waals surface area (Å²) in [5.74, 6) is 1.78. The molecule has 0 aliphatic heterocycles. The van der Waals surface area contributed by atoms with E-state index in [1.54, 1.807) is 0 Å². The van der Waals surface area contributed by atoms with Gasteiger partial charge in [0.15, 0.2) is 6.61 Å². The first-order valence-corrected chi connectivity index (χ1v) is 6.87. The second-order valence-electron chi connectivity index (χ2n) is 4.12. The molecule has 1 aromatic heterocycles. The Morgan fingerprint density at radius 2 is 1.75 bits per heavy atom. The van der Waals surface area contributed by atoms with Gasteiger partial charge >= 0.3 is 0 Å². The zero-order chi connectivity index (χ0) is 13.8. The lowest BCUT2D eigenvalue weighted by Crippen LogP contribution is -1.95. The predicted octanol–water partition coefficient (Wildman–Crippen LogP) is 4.08. The van der Waals surface area contributed by atoms with E-state index in [4.69, 9.17) is 9.26 Å². The Morgan fingerprint density at radius 1 is 1.00 bits per heavy atom. The van der Waals surface area contributed by atoms with E-state index in [9.17, 15) is 0 Å². The fourth-order valence-corrected chi connectivity index (χ4v) is 1.96. The van der Waals surface area contributed by atoms with Crippen LogP contribution < -0.4 is 4.74 Å². The van der Waals surface area contributed by atoms with Crippen molar-refractivity contribution in [2.24, 2.45) is 0 Å². The van der Waals surface area contributed by atoms with Crippen LogP contribution in [0.1, 0.15) is 5.89 Å². The maximum atomic E-state index is 5.58. The van der Waals surface area contributed by atoms with Gasteiger partial charge in [0.25, 0.3) is 5.89 Å². The zero-order valence-corrected chi connectivity index (χ0v) is 12.1. The van der Waals surface area contributed by atoms with Crippen LogP contribution in [0.2, 0.25) is 0 Å². The van der Waals surface area contributed by atoms with Crippen LogP contribution in [0, 0.1) is 0 Å². The van der Waals surface area contributed by atoms with Crippen LogP contribution in [0.4, 0.5) is 0 Å². The SMILES string of the molecule is Brc1ccc(OCc2nc(-c3ccccc3)no2)cc1. The molecule has 100 valence electrons. The third-order valence-corrected chi connectivity index (χ3v) is 3.20. The number of nitrogens with zero attached hydrogens (tertiary/aromatic N) is 2. The summed E-state index contributed by atoms with van der Waals surface area (Å²) >= 11 is 3.37.